The Labute approximate surface area is 125 Å². The van der Waals surface area contributed by atoms with E-state index in [0.29, 0.717) is 13.2 Å². The number of hydrogen-bond donors (Lipinski definition) is 0. The van der Waals surface area contributed by atoms with Gasteiger partial charge in [0.15, 0.2) is 6.61 Å². The quantitative estimate of drug-likeness (QED) is 0.722. The maximum atomic E-state index is 12.0. The number of carbonyl (C=O) groups is 2. The van der Waals surface area contributed by atoms with Gasteiger partial charge in [-0.05, 0) is 31.9 Å². The molecule has 0 radical (unpaired) electrons. The monoisotopic (exact) mass is 293 g/mol. The van der Waals surface area contributed by atoms with Crippen molar-refractivity contribution >= 4 is 11.9 Å². The minimum absolute atomic E-state index is 0.0367. The summed E-state index contributed by atoms with van der Waals surface area (Å²) in [5, 5.41) is 0. The number of benzene rings is 1. The number of likely N-dealkylation sites (N-methyl/N-ethyl adjacent to an activating group) is 1. The van der Waals surface area contributed by atoms with Crippen LogP contribution < -0.4 is 4.74 Å². The van der Waals surface area contributed by atoms with Crippen LogP contribution in [0.5, 0.6) is 5.75 Å². The smallest absolute Gasteiger partial charge is 0.307 e. The summed E-state index contributed by atoms with van der Waals surface area (Å²) in [4.78, 5) is 24.7. The maximum Gasteiger partial charge on any atom is 0.307 e. The largest absolute Gasteiger partial charge is 0.483 e. The van der Waals surface area contributed by atoms with Crippen LogP contribution in [-0.4, -0.2) is 43.6 Å². The molecule has 1 amide bonds. The van der Waals surface area contributed by atoms with Crippen LogP contribution in [0.4, 0.5) is 0 Å². The Kier molecular flexibility index (Phi) is 6.72. The lowest BCUT2D eigenvalue weighted by Gasteiger charge is -2.18. The van der Waals surface area contributed by atoms with E-state index in [-0.39, 0.29) is 24.9 Å². The van der Waals surface area contributed by atoms with Gasteiger partial charge in [0.1, 0.15) is 5.75 Å². The molecule has 0 bridgehead atoms. The molecule has 1 rings (SSSR count). The van der Waals surface area contributed by atoms with Gasteiger partial charge < -0.3 is 14.4 Å². The molecule has 0 aliphatic heterocycles. The van der Waals surface area contributed by atoms with Gasteiger partial charge in [-0.15, -0.1) is 0 Å². The lowest BCUT2D eigenvalue weighted by molar-refractivity contribution is -0.144. The highest BCUT2D eigenvalue weighted by atomic mass is 16.5. The Bertz CT molecular complexity index is 479. The van der Waals surface area contributed by atoms with Gasteiger partial charge in [-0.3, -0.25) is 9.59 Å². The topological polar surface area (TPSA) is 55.8 Å². The molecule has 5 heteroatoms. The fraction of sp³-hybridized carbons (Fsp3) is 0.500. The van der Waals surface area contributed by atoms with Gasteiger partial charge in [0.25, 0.3) is 5.91 Å². The second kappa shape index (κ2) is 8.29. The number of carbonyl (C=O) groups excluding carboxylic acids is 2. The molecule has 0 saturated carbocycles. The first-order valence-corrected chi connectivity index (χ1v) is 7.04. The first-order valence-electron chi connectivity index (χ1n) is 7.04. The van der Waals surface area contributed by atoms with Gasteiger partial charge in [-0.25, -0.2) is 0 Å². The van der Waals surface area contributed by atoms with Crippen molar-refractivity contribution in [2.75, 3.05) is 26.8 Å². The average molecular weight is 293 g/mol. The van der Waals surface area contributed by atoms with Crippen molar-refractivity contribution in [2.24, 2.45) is 0 Å². The Morgan fingerprint density at radius 1 is 1.19 bits per heavy atom. The van der Waals surface area contributed by atoms with Crippen molar-refractivity contribution < 1.29 is 19.1 Å². The zero-order chi connectivity index (χ0) is 15.8. The predicted octanol–water partition coefficient (Wildman–Crippen LogP) is 2.09. The van der Waals surface area contributed by atoms with Crippen molar-refractivity contribution in [1.29, 1.82) is 0 Å². The van der Waals surface area contributed by atoms with E-state index in [2.05, 4.69) is 0 Å². The summed E-state index contributed by atoms with van der Waals surface area (Å²) in [6.45, 7) is 6.28. The first-order chi connectivity index (χ1) is 9.95. The molecule has 0 heterocycles. The molecular formula is C16H23NO4. The number of rotatable bonds is 7. The predicted molar refractivity (Wildman–Crippen MR) is 80.3 cm³/mol. The summed E-state index contributed by atoms with van der Waals surface area (Å²) in [6.07, 6.45) is 0.194. The molecule has 1 aromatic rings. The highest BCUT2D eigenvalue weighted by Gasteiger charge is 2.13. The number of para-hydroxylation sites is 1. The van der Waals surface area contributed by atoms with E-state index < -0.39 is 0 Å². The minimum Gasteiger partial charge on any atom is -0.483 e. The Morgan fingerprint density at radius 3 is 2.38 bits per heavy atom. The van der Waals surface area contributed by atoms with Crippen LogP contribution in [0.3, 0.4) is 0 Å². The molecule has 0 aliphatic rings. The fourth-order valence-electron chi connectivity index (χ4n) is 1.89. The molecule has 116 valence electrons. The molecule has 0 atom stereocenters. The lowest BCUT2D eigenvalue weighted by atomic mass is 10.1. The molecule has 0 spiro atoms. The lowest BCUT2D eigenvalue weighted by Crippen LogP contribution is -2.33. The van der Waals surface area contributed by atoms with Crippen LogP contribution in [-0.2, 0) is 14.3 Å². The van der Waals surface area contributed by atoms with Crippen LogP contribution in [0.25, 0.3) is 0 Å². The van der Waals surface area contributed by atoms with Crippen molar-refractivity contribution in [3.05, 3.63) is 29.3 Å². The van der Waals surface area contributed by atoms with Gasteiger partial charge in [-0.2, -0.15) is 0 Å². The highest BCUT2D eigenvalue weighted by molar-refractivity contribution is 5.78. The van der Waals surface area contributed by atoms with E-state index in [1.165, 1.54) is 4.90 Å². The van der Waals surface area contributed by atoms with E-state index in [4.69, 9.17) is 9.47 Å². The van der Waals surface area contributed by atoms with E-state index in [0.717, 1.165) is 16.9 Å². The van der Waals surface area contributed by atoms with E-state index in [1.807, 2.05) is 32.0 Å². The maximum absolute atomic E-state index is 12.0. The third-order valence-corrected chi connectivity index (χ3v) is 3.13. The van der Waals surface area contributed by atoms with E-state index >= 15 is 0 Å². The van der Waals surface area contributed by atoms with Crippen molar-refractivity contribution in [3.63, 3.8) is 0 Å². The minimum atomic E-state index is -0.298. The van der Waals surface area contributed by atoms with Gasteiger partial charge in [0.2, 0.25) is 0 Å². The van der Waals surface area contributed by atoms with Crippen LogP contribution in [0.15, 0.2) is 18.2 Å². The summed E-state index contributed by atoms with van der Waals surface area (Å²) in [5.41, 5.74) is 1.99. The number of hydrogen-bond acceptors (Lipinski definition) is 4. The fourth-order valence-corrected chi connectivity index (χ4v) is 1.89. The SMILES string of the molecule is CCOC(=O)CCN(C)C(=O)COc1c(C)cccc1C. The molecule has 0 fully saturated rings. The molecule has 0 saturated heterocycles. The number of nitrogens with zero attached hydrogens (tertiary/aromatic N) is 1. The van der Waals surface area contributed by atoms with Crippen molar-refractivity contribution in [1.82, 2.24) is 4.90 Å². The highest BCUT2D eigenvalue weighted by Crippen LogP contribution is 2.22. The normalized spacial score (nSPS) is 10.1. The summed E-state index contributed by atoms with van der Waals surface area (Å²) in [7, 11) is 1.65. The van der Waals surface area contributed by atoms with Gasteiger partial charge in [-0.1, -0.05) is 18.2 Å². The molecule has 1 aromatic carbocycles. The Morgan fingerprint density at radius 2 is 1.81 bits per heavy atom. The molecule has 0 aromatic heterocycles. The van der Waals surface area contributed by atoms with Crippen molar-refractivity contribution in [3.8, 4) is 5.75 Å². The standard InChI is InChI=1S/C16H23NO4/c1-5-20-15(19)9-10-17(4)14(18)11-21-16-12(2)7-6-8-13(16)3/h6-8H,5,9-11H2,1-4H3. The molecule has 21 heavy (non-hydrogen) atoms. The zero-order valence-corrected chi connectivity index (χ0v) is 13.1. The molecule has 0 unspecified atom stereocenters. The summed E-state index contributed by atoms with van der Waals surface area (Å²) >= 11 is 0. The molecule has 0 aliphatic carbocycles. The van der Waals surface area contributed by atoms with Gasteiger partial charge in [0.05, 0.1) is 13.0 Å². The first kappa shape index (κ1) is 17.0. The van der Waals surface area contributed by atoms with Crippen LogP contribution in [0.2, 0.25) is 0 Å². The summed E-state index contributed by atoms with van der Waals surface area (Å²) in [6, 6.07) is 5.83. The van der Waals surface area contributed by atoms with Crippen molar-refractivity contribution in [2.45, 2.75) is 27.2 Å². The van der Waals surface area contributed by atoms with Gasteiger partial charge in [0, 0.05) is 13.6 Å². The van der Waals surface area contributed by atoms with E-state index in [1.54, 1.807) is 14.0 Å². The third-order valence-electron chi connectivity index (χ3n) is 3.13. The number of esters is 1. The molecule has 5 nitrogen and oxygen atoms in total. The molecule has 0 N–H and O–H groups in total. The Balaban J connectivity index is 2.44. The molecular weight excluding hydrogens is 270 g/mol. The number of aryl methyl sites for hydroxylation is 2. The summed E-state index contributed by atoms with van der Waals surface area (Å²) in [5.74, 6) is 0.277. The number of amides is 1. The van der Waals surface area contributed by atoms with E-state index in [9.17, 15) is 9.59 Å². The Hall–Kier alpha value is -2.04. The average Bonchev–Trinajstić information content (AvgIpc) is 2.44. The van der Waals surface area contributed by atoms with Crippen LogP contribution in [0.1, 0.15) is 24.5 Å². The zero-order valence-electron chi connectivity index (χ0n) is 13.1. The second-order valence-corrected chi connectivity index (χ2v) is 4.88. The number of ether oxygens (including phenoxy) is 2. The van der Waals surface area contributed by atoms with Gasteiger partial charge >= 0.3 is 5.97 Å². The van der Waals surface area contributed by atoms with Crippen LogP contribution in [0, 0.1) is 13.8 Å². The summed E-state index contributed by atoms with van der Waals surface area (Å²) < 4.78 is 10.4. The van der Waals surface area contributed by atoms with Crippen LogP contribution >= 0.6 is 0 Å². The second-order valence-electron chi connectivity index (χ2n) is 4.88. The third kappa shape index (κ3) is 5.45.